The highest BCUT2D eigenvalue weighted by Crippen LogP contribution is 2.34. The van der Waals surface area contributed by atoms with E-state index < -0.39 is 11.6 Å². The van der Waals surface area contributed by atoms with Gasteiger partial charge in [0, 0.05) is 24.7 Å². The van der Waals surface area contributed by atoms with Gasteiger partial charge in [-0.25, -0.2) is 8.78 Å². The molecule has 2 aromatic carbocycles. The number of benzene rings is 2. The molecule has 23 heavy (non-hydrogen) atoms. The van der Waals surface area contributed by atoms with Gasteiger partial charge in [-0.2, -0.15) is 0 Å². The first kappa shape index (κ1) is 15.1. The SMILES string of the molecule is O=C(CCNc1c(F)cccc1F)Nc1ccc2c(c1)OCO2. The van der Waals surface area contributed by atoms with E-state index in [0.717, 1.165) is 12.1 Å². The predicted octanol–water partition coefficient (Wildman–Crippen LogP) is 3.13. The summed E-state index contributed by atoms with van der Waals surface area (Å²) in [6, 6.07) is 8.63. The van der Waals surface area contributed by atoms with Crippen LogP contribution in [0.15, 0.2) is 36.4 Å². The van der Waals surface area contributed by atoms with E-state index in [1.165, 1.54) is 6.07 Å². The summed E-state index contributed by atoms with van der Waals surface area (Å²) < 4.78 is 37.2. The Balaban J connectivity index is 1.52. The number of carbonyl (C=O) groups excluding carboxylic acids is 1. The van der Waals surface area contributed by atoms with E-state index in [4.69, 9.17) is 9.47 Å². The quantitative estimate of drug-likeness (QED) is 0.888. The van der Waals surface area contributed by atoms with Crippen molar-refractivity contribution in [2.45, 2.75) is 6.42 Å². The second-order valence-electron chi connectivity index (χ2n) is 4.89. The van der Waals surface area contributed by atoms with Crippen LogP contribution in [0.25, 0.3) is 0 Å². The first-order valence-electron chi connectivity index (χ1n) is 7.01. The molecular formula is C16H14F2N2O3. The number of carbonyl (C=O) groups is 1. The van der Waals surface area contributed by atoms with Crippen molar-refractivity contribution < 1.29 is 23.0 Å². The molecule has 0 spiro atoms. The van der Waals surface area contributed by atoms with Crippen molar-refractivity contribution in [2.24, 2.45) is 0 Å². The van der Waals surface area contributed by atoms with Gasteiger partial charge >= 0.3 is 0 Å². The van der Waals surface area contributed by atoms with Gasteiger partial charge in [-0.1, -0.05) is 6.07 Å². The van der Waals surface area contributed by atoms with Gasteiger partial charge < -0.3 is 20.1 Å². The molecule has 0 bridgehead atoms. The average molecular weight is 320 g/mol. The summed E-state index contributed by atoms with van der Waals surface area (Å²) >= 11 is 0. The number of nitrogens with one attached hydrogen (secondary N) is 2. The minimum atomic E-state index is -0.693. The van der Waals surface area contributed by atoms with E-state index in [1.54, 1.807) is 18.2 Å². The Morgan fingerprint density at radius 3 is 2.61 bits per heavy atom. The molecule has 2 aromatic rings. The molecule has 0 unspecified atom stereocenters. The Morgan fingerprint density at radius 2 is 1.83 bits per heavy atom. The van der Waals surface area contributed by atoms with Gasteiger partial charge in [-0.05, 0) is 24.3 Å². The Morgan fingerprint density at radius 1 is 1.09 bits per heavy atom. The second kappa shape index (κ2) is 6.51. The van der Waals surface area contributed by atoms with Gasteiger partial charge in [0.2, 0.25) is 12.7 Å². The van der Waals surface area contributed by atoms with Crippen LogP contribution < -0.4 is 20.1 Å². The largest absolute Gasteiger partial charge is 0.454 e. The van der Waals surface area contributed by atoms with Crippen LogP contribution in [0, 0.1) is 11.6 Å². The van der Waals surface area contributed by atoms with E-state index in [1.807, 2.05) is 0 Å². The van der Waals surface area contributed by atoms with Crippen molar-refractivity contribution in [2.75, 3.05) is 24.0 Å². The van der Waals surface area contributed by atoms with E-state index in [0.29, 0.717) is 17.2 Å². The standard InChI is InChI=1S/C16H14F2N2O3/c17-11-2-1-3-12(18)16(11)19-7-6-15(21)20-10-4-5-13-14(8-10)23-9-22-13/h1-5,8,19H,6-7,9H2,(H,20,21). The lowest BCUT2D eigenvalue weighted by molar-refractivity contribution is -0.115. The summed E-state index contributed by atoms with van der Waals surface area (Å²) in [7, 11) is 0. The van der Waals surface area contributed by atoms with Crippen molar-refractivity contribution in [1.29, 1.82) is 0 Å². The summed E-state index contributed by atoms with van der Waals surface area (Å²) in [6.45, 7) is 0.263. The van der Waals surface area contributed by atoms with Gasteiger partial charge in [0.25, 0.3) is 0 Å². The molecule has 5 nitrogen and oxygen atoms in total. The van der Waals surface area contributed by atoms with E-state index in [2.05, 4.69) is 10.6 Å². The number of para-hydroxylation sites is 1. The lowest BCUT2D eigenvalue weighted by Gasteiger charge is -2.09. The Kier molecular flexibility index (Phi) is 4.27. The maximum atomic E-state index is 13.4. The molecule has 120 valence electrons. The van der Waals surface area contributed by atoms with Crippen LogP contribution in [0.3, 0.4) is 0 Å². The molecule has 0 saturated carbocycles. The van der Waals surface area contributed by atoms with E-state index in [9.17, 15) is 13.6 Å². The van der Waals surface area contributed by atoms with Gasteiger partial charge in [0.05, 0.1) is 0 Å². The molecule has 0 aromatic heterocycles. The van der Waals surface area contributed by atoms with Crippen LogP contribution in [-0.2, 0) is 4.79 Å². The molecule has 7 heteroatoms. The fourth-order valence-corrected chi connectivity index (χ4v) is 2.17. The number of hydrogen-bond donors (Lipinski definition) is 2. The highest BCUT2D eigenvalue weighted by atomic mass is 19.1. The van der Waals surface area contributed by atoms with Gasteiger partial charge in [-0.3, -0.25) is 4.79 Å². The zero-order chi connectivity index (χ0) is 16.2. The number of fused-ring (bicyclic) bond motifs is 1. The number of rotatable bonds is 5. The molecule has 1 amide bonds. The summed E-state index contributed by atoms with van der Waals surface area (Å²) in [6.07, 6.45) is 0.0578. The minimum Gasteiger partial charge on any atom is -0.454 e. The van der Waals surface area contributed by atoms with Crippen molar-refractivity contribution in [1.82, 2.24) is 0 Å². The second-order valence-corrected chi connectivity index (χ2v) is 4.89. The number of halogens is 2. The van der Waals surface area contributed by atoms with Crippen LogP contribution in [0.4, 0.5) is 20.2 Å². The zero-order valence-electron chi connectivity index (χ0n) is 12.1. The average Bonchev–Trinajstić information content (AvgIpc) is 2.98. The zero-order valence-corrected chi connectivity index (χ0v) is 12.1. The van der Waals surface area contributed by atoms with E-state index >= 15 is 0 Å². The number of hydrogen-bond acceptors (Lipinski definition) is 4. The van der Waals surface area contributed by atoms with Gasteiger partial charge in [0.1, 0.15) is 17.3 Å². The molecule has 3 rings (SSSR count). The summed E-state index contributed by atoms with van der Waals surface area (Å²) in [4.78, 5) is 11.9. The molecular weight excluding hydrogens is 306 g/mol. The van der Waals surface area contributed by atoms with Crippen LogP contribution >= 0.6 is 0 Å². The van der Waals surface area contributed by atoms with Crippen LogP contribution in [0.2, 0.25) is 0 Å². The van der Waals surface area contributed by atoms with Crippen molar-refractivity contribution in [3.8, 4) is 11.5 Å². The Bertz CT molecular complexity index is 717. The molecule has 1 aliphatic heterocycles. The van der Waals surface area contributed by atoms with Crippen molar-refractivity contribution >= 4 is 17.3 Å². The molecule has 0 saturated heterocycles. The lowest BCUT2D eigenvalue weighted by Crippen LogP contribution is -2.17. The summed E-state index contributed by atoms with van der Waals surface area (Å²) in [5, 5.41) is 5.27. The first-order valence-corrected chi connectivity index (χ1v) is 7.01. The summed E-state index contributed by atoms with van der Waals surface area (Å²) in [5.41, 5.74) is 0.333. The molecule has 1 aliphatic rings. The maximum Gasteiger partial charge on any atom is 0.231 e. The number of amides is 1. The smallest absolute Gasteiger partial charge is 0.231 e. The third-order valence-electron chi connectivity index (χ3n) is 3.27. The molecule has 0 radical (unpaired) electrons. The first-order chi connectivity index (χ1) is 11.1. The molecule has 2 N–H and O–H groups in total. The number of anilines is 2. The minimum absolute atomic E-state index is 0.0578. The Hall–Kier alpha value is -2.83. The lowest BCUT2D eigenvalue weighted by atomic mass is 10.2. The molecule has 0 fully saturated rings. The highest BCUT2D eigenvalue weighted by molar-refractivity contribution is 5.91. The topological polar surface area (TPSA) is 59.6 Å². The van der Waals surface area contributed by atoms with Crippen molar-refractivity contribution in [3.05, 3.63) is 48.0 Å². The highest BCUT2D eigenvalue weighted by Gasteiger charge is 2.14. The third kappa shape index (κ3) is 3.50. The van der Waals surface area contributed by atoms with Crippen molar-refractivity contribution in [3.63, 3.8) is 0 Å². The van der Waals surface area contributed by atoms with Crippen LogP contribution in [-0.4, -0.2) is 19.2 Å². The normalized spacial score (nSPS) is 12.1. The molecule has 0 atom stereocenters. The van der Waals surface area contributed by atoms with E-state index in [-0.39, 0.29) is 31.4 Å². The monoisotopic (exact) mass is 320 g/mol. The Labute approximate surface area is 131 Å². The van der Waals surface area contributed by atoms with Gasteiger partial charge in [-0.15, -0.1) is 0 Å². The van der Waals surface area contributed by atoms with Crippen LogP contribution in [0.1, 0.15) is 6.42 Å². The maximum absolute atomic E-state index is 13.4. The fourth-order valence-electron chi connectivity index (χ4n) is 2.17. The molecule has 0 aliphatic carbocycles. The van der Waals surface area contributed by atoms with Gasteiger partial charge in [0.15, 0.2) is 11.5 Å². The number of ether oxygens (including phenoxy) is 2. The summed E-state index contributed by atoms with van der Waals surface area (Å²) in [5.74, 6) is -0.482. The third-order valence-corrected chi connectivity index (χ3v) is 3.27. The fraction of sp³-hybridized carbons (Fsp3) is 0.188. The predicted molar refractivity (Wildman–Crippen MR) is 80.7 cm³/mol. The van der Waals surface area contributed by atoms with Crippen LogP contribution in [0.5, 0.6) is 11.5 Å². The molecule has 1 heterocycles.